The van der Waals surface area contributed by atoms with Gasteiger partial charge in [-0.25, -0.2) is 0 Å². The number of hydrogen-bond acceptors (Lipinski definition) is 2. The van der Waals surface area contributed by atoms with E-state index >= 15 is 0 Å². The first-order valence-electron chi connectivity index (χ1n) is 3.51. The van der Waals surface area contributed by atoms with Crippen LogP contribution in [0.2, 0.25) is 0 Å². The second-order valence-corrected chi connectivity index (χ2v) is 3.43. The first-order valence-corrected chi connectivity index (χ1v) is 4.91. The number of hydrogen-bond donors (Lipinski definition) is 1. The summed E-state index contributed by atoms with van der Waals surface area (Å²) in [6.07, 6.45) is 2.03. The van der Waals surface area contributed by atoms with Crippen LogP contribution in [-0.2, 0) is 5.75 Å². The number of phenols is 1. The maximum Gasteiger partial charge on any atom is 0.119 e. The normalized spacial score (nSPS) is 10.0. The van der Waals surface area contributed by atoms with Crippen molar-refractivity contribution in [2.24, 2.45) is 0 Å². The third kappa shape index (κ3) is 2.15. The lowest BCUT2D eigenvalue weighted by Crippen LogP contribution is -1.81. The van der Waals surface area contributed by atoms with Gasteiger partial charge in [-0.2, -0.15) is 11.8 Å². The van der Waals surface area contributed by atoms with Gasteiger partial charge in [0.15, 0.2) is 0 Å². The Morgan fingerprint density at radius 1 is 1.45 bits per heavy atom. The Labute approximate surface area is 71.4 Å². The van der Waals surface area contributed by atoms with Gasteiger partial charge in [0, 0.05) is 11.3 Å². The highest BCUT2D eigenvalue weighted by Gasteiger charge is 1.98. The summed E-state index contributed by atoms with van der Waals surface area (Å²) in [4.78, 5) is 0. The van der Waals surface area contributed by atoms with E-state index in [-0.39, 0.29) is 0 Å². The lowest BCUT2D eigenvalue weighted by Gasteiger charge is -2.02. The summed E-state index contributed by atoms with van der Waals surface area (Å²) in [7, 11) is 0. The predicted octanol–water partition coefficient (Wildman–Crippen LogP) is 2.56. The van der Waals surface area contributed by atoms with Gasteiger partial charge in [-0.15, -0.1) is 0 Å². The van der Waals surface area contributed by atoms with Crippen molar-refractivity contribution >= 4 is 11.8 Å². The molecule has 11 heavy (non-hydrogen) atoms. The zero-order valence-electron chi connectivity index (χ0n) is 6.79. The van der Waals surface area contributed by atoms with Crippen molar-refractivity contribution < 1.29 is 5.11 Å². The van der Waals surface area contributed by atoms with Crippen molar-refractivity contribution in [3.8, 4) is 5.75 Å². The van der Waals surface area contributed by atoms with Crippen molar-refractivity contribution in [2.45, 2.75) is 12.7 Å². The minimum atomic E-state index is 0.416. The van der Waals surface area contributed by atoms with E-state index in [0.717, 1.165) is 16.9 Å². The second kappa shape index (κ2) is 3.67. The summed E-state index contributed by atoms with van der Waals surface area (Å²) >= 11 is 1.71. The maximum absolute atomic E-state index is 9.41. The van der Waals surface area contributed by atoms with Crippen LogP contribution >= 0.6 is 11.8 Å². The molecule has 0 saturated carbocycles. The fraction of sp³-hybridized carbons (Fsp3) is 0.333. The van der Waals surface area contributed by atoms with Crippen molar-refractivity contribution in [2.75, 3.05) is 6.26 Å². The van der Waals surface area contributed by atoms with Crippen LogP contribution in [0.25, 0.3) is 0 Å². The molecule has 0 fully saturated rings. The summed E-state index contributed by atoms with van der Waals surface area (Å²) in [5.41, 5.74) is 2.12. The molecule has 0 saturated heterocycles. The molecule has 0 radical (unpaired) electrons. The van der Waals surface area contributed by atoms with Crippen LogP contribution in [0, 0.1) is 6.92 Å². The standard InChI is InChI=1S/C9H12OS/c1-7-3-4-8(6-11-2)9(10)5-7/h3-5,10H,6H2,1-2H3. The fourth-order valence-corrected chi connectivity index (χ4v) is 1.51. The van der Waals surface area contributed by atoms with Crippen molar-refractivity contribution in [1.29, 1.82) is 0 Å². The zero-order chi connectivity index (χ0) is 8.27. The van der Waals surface area contributed by atoms with Gasteiger partial charge in [-0.05, 0) is 24.8 Å². The van der Waals surface area contributed by atoms with Crippen molar-refractivity contribution in [3.05, 3.63) is 29.3 Å². The minimum absolute atomic E-state index is 0.416. The Bertz CT molecular complexity index is 245. The van der Waals surface area contributed by atoms with Gasteiger partial charge in [-0.1, -0.05) is 12.1 Å². The van der Waals surface area contributed by atoms with Gasteiger partial charge in [0.2, 0.25) is 0 Å². The fourth-order valence-electron chi connectivity index (χ4n) is 0.951. The van der Waals surface area contributed by atoms with Gasteiger partial charge in [0.25, 0.3) is 0 Å². The molecule has 1 rings (SSSR count). The molecule has 60 valence electrons. The Kier molecular flexibility index (Phi) is 2.83. The van der Waals surface area contributed by atoms with Gasteiger partial charge in [0.1, 0.15) is 5.75 Å². The third-order valence-electron chi connectivity index (χ3n) is 1.54. The summed E-state index contributed by atoms with van der Waals surface area (Å²) in [6.45, 7) is 1.97. The number of benzene rings is 1. The summed E-state index contributed by atoms with van der Waals surface area (Å²) in [6, 6.07) is 5.79. The molecule has 1 aromatic rings. The minimum Gasteiger partial charge on any atom is -0.508 e. The predicted molar refractivity (Wildman–Crippen MR) is 50.1 cm³/mol. The topological polar surface area (TPSA) is 20.2 Å². The molecule has 0 spiro atoms. The Hall–Kier alpha value is -0.630. The van der Waals surface area contributed by atoms with E-state index in [0.29, 0.717) is 5.75 Å². The smallest absolute Gasteiger partial charge is 0.119 e. The molecule has 0 amide bonds. The number of aromatic hydroxyl groups is 1. The highest BCUT2D eigenvalue weighted by atomic mass is 32.2. The number of thioether (sulfide) groups is 1. The molecule has 1 aromatic carbocycles. The van der Waals surface area contributed by atoms with Crippen LogP contribution in [0.1, 0.15) is 11.1 Å². The van der Waals surface area contributed by atoms with E-state index < -0.39 is 0 Å². The molecule has 0 bridgehead atoms. The van der Waals surface area contributed by atoms with Gasteiger partial charge < -0.3 is 5.11 Å². The first kappa shape index (κ1) is 8.47. The summed E-state index contributed by atoms with van der Waals surface area (Å²) in [5, 5.41) is 9.41. The van der Waals surface area contributed by atoms with E-state index in [1.807, 2.05) is 25.3 Å². The lowest BCUT2D eigenvalue weighted by atomic mass is 10.1. The van der Waals surface area contributed by atoms with E-state index in [2.05, 4.69) is 0 Å². The van der Waals surface area contributed by atoms with E-state index in [9.17, 15) is 5.11 Å². The van der Waals surface area contributed by atoms with Crippen LogP contribution in [0.4, 0.5) is 0 Å². The Morgan fingerprint density at radius 2 is 2.18 bits per heavy atom. The van der Waals surface area contributed by atoms with Crippen LogP contribution in [-0.4, -0.2) is 11.4 Å². The molecule has 0 aliphatic rings. The largest absolute Gasteiger partial charge is 0.508 e. The monoisotopic (exact) mass is 168 g/mol. The summed E-state index contributed by atoms with van der Waals surface area (Å²) in [5.74, 6) is 1.30. The van der Waals surface area contributed by atoms with E-state index in [1.165, 1.54) is 0 Å². The maximum atomic E-state index is 9.41. The van der Waals surface area contributed by atoms with Crippen LogP contribution in [0.15, 0.2) is 18.2 Å². The lowest BCUT2D eigenvalue weighted by molar-refractivity contribution is 0.470. The SMILES string of the molecule is CSCc1ccc(C)cc1O. The Morgan fingerprint density at radius 3 is 2.73 bits per heavy atom. The van der Waals surface area contributed by atoms with Crippen molar-refractivity contribution in [1.82, 2.24) is 0 Å². The molecule has 1 N–H and O–H groups in total. The first-order chi connectivity index (χ1) is 5.24. The van der Waals surface area contributed by atoms with Gasteiger partial charge in [-0.3, -0.25) is 0 Å². The number of aryl methyl sites for hydroxylation is 1. The second-order valence-electron chi connectivity index (χ2n) is 2.57. The van der Waals surface area contributed by atoms with Crippen LogP contribution in [0.3, 0.4) is 0 Å². The molecule has 0 aliphatic carbocycles. The molecule has 2 heteroatoms. The molecule has 0 heterocycles. The van der Waals surface area contributed by atoms with Crippen LogP contribution in [0.5, 0.6) is 5.75 Å². The molecule has 1 nitrogen and oxygen atoms in total. The van der Waals surface area contributed by atoms with Crippen LogP contribution < -0.4 is 0 Å². The summed E-state index contributed by atoms with van der Waals surface area (Å²) < 4.78 is 0. The van der Waals surface area contributed by atoms with E-state index in [1.54, 1.807) is 17.8 Å². The average molecular weight is 168 g/mol. The Balaban J connectivity index is 2.90. The molecule has 0 unspecified atom stereocenters. The molecule has 0 atom stereocenters. The quantitative estimate of drug-likeness (QED) is 0.732. The number of phenolic OH excluding ortho intramolecular Hbond substituents is 1. The average Bonchev–Trinajstić information content (AvgIpc) is 1.95. The van der Waals surface area contributed by atoms with Crippen molar-refractivity contribution in [3.63, 3.8) is 0 Å². The highest BCUT2D eigenvalue weighted by Crippen LogP contribution is 2.21. The van der Waals surface area contributed by atoms with Gasteiger partial charge in [0.05, 0.1) is 0 Å². The molecular weight excluding hydrogens is 156 g/mol. The zero-order valence-corrected chi connectivity index (χ0v) is 7.61. The molecular formula is C9H12OS. The number of rotatable bonds is 2. The highest BCUT2D eigenvalue weighted by molar-refractivity contribution is 7.97. The van der Waals surface area contributed by atoms with E-state index in [4.69, 9.17) is 0 Å². The third-order valence-corrected chi connectivity index (χ3v) is 2.14. The van der Waals surface area contributed by atoms with Gasteiger partial charge >= 0.3 is 0 Å². The molecule has 0 aromatic heterocycles. The molecule has 0 aliphatic heterocycles.